The molecular weight excluding hydrogens is 230 g/mol. The van der Waals surface area contributed by atoms with Crippen LogP contribution in [0.4, 0.5) is 4.79 Å². The topological polar surface area (TPSA) is 47.6 Å². The lowest BCUT2D eigenvalue weighted by atomic mass is 9.75. The van der Waals surface area contributed by atoms with Gasteiger partial charge >= 0.3 is 6.16 Å². The van der Waals surface area contributed by atoms with Crippen molar-refractivity contribution >= 4 is 6.16 Å². The summed E-state index contributed by atoms with van der Waals surface area (Å²) in [6.07, 6.45) is 5.47. The lowest BCUT2D eigenvalue weighted by Crippen LogP contribution is -2.47. The van der Waals surface area contributed by atoms with Gasteiger partial charge in [0.1, 0.15) is 5.60 Å². The maximum atomic E-state index is 11.6. The van der Waals surface area contributed by atoms with Crippen molar-refractivity contribution in [3.8, 4) is 0 Å². The number of ether oxygens (including phenoxy) is 2. The Bertz CT molecular complexity index is 298. The van der Waals surface area contributed by atoms with Gasteiger partial charge in [-0.2, -0.15) is 0 Å². The molecule has 0 aromatic heterocycles. The zero-order valence-electron chi connectivity index (χ0n) is 11.7. The van der Waals surface area contributed by atoms with Crippen molar-refractivity contribution in [1.29, 1.82) is 0 Å². The molecule has 0 amide bonds. The molecule has 0 aromatic carbocycles. The minimum Gasteiger partial charge on any atom is -0.429 e. The minimum atomic E-state index is -0.561. The summed E-state index contributed by atoms with van der Waals surface area (Å²) in [5, 5.41) is 3.31. The van der Waals surface area contributed by atoms with E-state index >= 15 is 0 Å². The van der Waals surface area contributed by atoms with E-state index in [1.165, 1.54) is 25.7 Å². The fourth-order valence-corrected chi connectivity index (χ4v) is 2.98. The van der Waals surface area contributed by atoms with Gasteiger partial charge < -0.3 is 9.47 Å². The first-order chi connectivity index (χ1) is 8.44. The molecule has 2 rings (SSSR count). The molecule has 3 unspecified atom stereocenters. The highest BCUT2D eigenvalue weighted by Gasteiger charge is 2.34. The number of carbonyl (C=O) groups is 1. The number of nitrogens with one attached hydrogen (secondary N) is 1. The Morgan fingerprint density at radius 2 is 1.83 bits per heavy atom. The molecule has 0 spiro atoms. The third kappa shape index (κ3) is 3.87. The second-order valence-electron chi connectivity index (χ2n) is 6.52. The van der Waals surface area contributed by atoms with Crippen molar-refractivity contribution in [3.63, 3.8) is 0 Å². The van der Waals surface area contributed by atoms with Crippen LogP contribution in [0.5, 0.6) is 0 Å². The molecule has 2 aliphatic rings. The highest BCUT2D eigenvalue weighted by molar-refractivity contribution is 5.60. The molecule has 2 fully saturated rings. The molecule has 0 aromatic rings. The number of piperidine rings is 1. The Morgan fingerprint density at radius 1 is 1.17 bits per heavy atom. The van der Waals surface area contributed by atoms with Gasteiger partial charge in [-0.15, -0.1) is 0 Å². The molecule has 1 saturated carbocycles. The smallest absolute Gasteiger partial charge is 0.429 e. The zero-order valence-corrected chi connectivity index (χ0v) is 11.7. The fourth-order valence-electron chi connectivity index (χ4n) is 2.98. The normalized spacial score (nSPS) is 32.5. The van der Waals surface area contributed by atoms with E-state index in [0.29, 0.717) is 5.92 Å². The van der Waals surface area contributed by atoms with Crippen LogP contribution in [0.2, 0.25) is 0 Å². The van der Waals surface area contributed by atoms with Gasteiger partial charge in [0, 0.05) is 13.0 Å². The van der Waals surface area contributed by atoms with Gasteiger partial charge in [-0.05, 0) is 45.4 Å². The van der Waals surface area contributed by atoms with Crippen LogP contribution < -0.4 is 5.32 Å². The van der Waals surface area contributed by atoms with Crippen LogP contribution >= 0.6 is 0 Å². The van der Waals surface area contributed by atoms with Crippen molar-refractivity contribution in [2.75, 3.05) is 6.54 Å². The van der Waals surface area contributed by atoms with Gasteiger partial charge in [0.25, 0.3) is 0 Å². The summed E-state index contributed by atoms with van der Waals surface area (Å²) in [5.74, 6) is 1.49. The predicted molar refractivity (Wildman–Crippen MR) is 69.2 cm³/mol. The minimum absolute atomic E-state index is 0.167. The van der Waals surface area contributed by atoms with Crippen molar-refractivity contribution in [3.05, 3.63) is 0 Å². The lowest BCUT2D eigenvalue weighted by molar-refractivity contribution is -0.0532. The molecule has 3 atom stereocenters. The van der Waals surface area contributed by atoms with E-state index in [1.807, 2.05) is 20.8 Å². The van der Waals surface area contributed by atoms with E-state index in [4.69, 9.17) is 9.47 Å². The molecule has 0 radical (unpaired) electrons. The first-order valence-electron chi connectivity index (χ1n) is 7.07. The van der Waals surface area contributed by atoms with Gasteiger partial charge in [-0.25, -0.2) is 4.79 Å². The molecule has 0 bridgehead atoms. The summed E-state index contributed by atoms with van der Waals surface area (Å²) in [4.78, 5) is 11.6. The summed E-state index contributed by atoms with van der Waals surface area (Å²) < 4.78 is 10.5. The number of carbonyl (C=O) groups excluding carboxylic acids is 1. The van der Waals surface area contributed by atoms with Crippen molar-refractivity contribution < 1.29 is 14.3 Å². The third-order valence-electron chi connectivity index (χ3n) is 3.82. The Hall–Kier alpha value is -0.770. The maximum absolute atomic E-state index is 11.6. The van der Waals surface area contributed by atoms with E-state index in [0.717, 1.165) is 18.9 Å². The fraction of sp³-hybridized carbons (Fsp3) is 0.929. The van der Waals surface area contributed by atoms with Crippen LogP contribution in [-0.4, -0.2) is 24.5 Å². The van der Waals surface area contributed by atoms with Crippen LogP contribution in [0, 0.1) is 11.8 Å². The van der Waals surface area contributed by atoms with Gasteiger partial charge in [0.2, 0.25) is 0 Å². The van der Waals surface area contributed by atoms with Crippen LogP contribution in [0.3, 0.4) is 0 Å². The van der Waals surface area contributed by atoms with Crippen LogP contribution in [0.1, 0.15) is 52.9 Å². The Morgan fingerprint density at radius 3 is 2.50 bits per heavy atom. The van der Waals surface area contributed by atoms with Gasteiger partial charge in [-0.3, -0.25) is 5.32 Å². The zero-order chi connectivity index (χ0) is 13.2. The number of hydrogen-bond donors (Lipinski definition) is 1. The SMILES string of the molecule is CC(C)(C)OC(=O)OC1CC2CCCCC2CN1. The molecule has 104 valence electrons. The standard InChI is InChI=1S/C14H25NO3/c1-14(2,3)18-13(16)17-12-8-10-6-4-5-7-11(10)9-15-12/h10-12,15H,4-9H2,1-3H3. The average Bonchev–Trinajstić information content (AvgIpc) is 2.26. The van der Waals surface area contributed by atoms with Crippen molar-refractivity contribution in [1.82, 2.24) is 5.32 Å². The number of hydrogen-bond acceptors (Lipinski definition) is 4. The van der Waals surface area contributed by atoms with Crippen LogP contribution in [0.25, 0.3) is 0 Å². The lowest BCUT2D eigenvalue weighted by Gasteiger charge is -2.39. The van der Waals surface area contributed by atoms with Crippen molar-refractivity contribution in [2.45, 2.75) is 64.7 Å². The molecule has 18 heavy (non-hydrogen) atoms. The maximum Gasteiger partial charge on any atom is 0.510 e. The van der Waals surface area contributed by atoms with Crippen molar-refractivity contribution in [2.24, 2.45) is 11.8 Å². The third-order valence-corrected chi connectivity index (χ3v) is 3.82. The molecule has 1 N–H and O–H groups in total. The largest absolute Gasteiger partial charge is 0.510 e. The Labute approximate surface area is 109 Å². The van der Waals surface area contributed by atoms with Gasteiger partial charge in [0.05, 0.1) is 0 Å². The molecule has 1 aliphatic carbocycles. The second kappa shape index (κ2) is 5.47. The Kier molecular flexibility index (Phi) is 4.15. The molecule has 1 heterocycles. The van der Waals surface area contributed by atoms with Crippen LogP contribution in [-0.2, 0) is 9.47 Å². The van der Waals surface area contributed by atoms with E-state index in [9.17, 15) is 4.79 Å². The van der Waals surface area contributed by atoms with Gasteiger partial charge in [0.15, 0.2) is 6.23 Å². The quantitative estimate of drug-likeness (QED) is 0.731. The first-order valence-corrected chi connectivity index (χ1v) is 7.07. The molecule has 4 heteroatoms. The predicted octanol–water partition coefficient (Wildman–Crippen LogP) is 3.06. The average molecular weight is 255 g/mol. The van der Waals surface area contributed by atoms with E-state index in [2.05, 4.69) is 5.32 Å². The van der Waals surface area contributed by atoms with Gasteiger partial charge in [-0.1, -0.05) is 12.8 Å². The van der Waals surface area contributed by atoms with E-state index in [-0.39, 0.29) is 6.23 Å². The monoisotopic (exact) mass is 255 g/mol. The first kappa shape index (κ1) is 13.7. The highest BCUT2D eigenvalue weighted by Crippen LogP contribution is 2.35. The summed E-state index contributed by atoms with van der Waals surface area (Å²) in [7, 11) is 0. The Balaban J connectivity index is 1.79. The number of fused-ring (bicyclic) bond motifs is 1. The molecule has 1 aliphatic heterocycles. The van der Waals surface area contributed by atoms with E-state index < -0.39 is 11.8 Å². The van der Waals surface area contributed by atoms with Crippen LogP contribution in [0.15, 0.2) is 0 Å². The number of rotatable bonds is 1. The summed E-state index contributed by atoms with van der Waals surface area (Å²) in [5.41, 5.74) is -0.487. The second-order valence-corrected chi connectivity index (χ2v) is 6.52. The summed E-state index contributed by atoms with van der Waals surface area (Å²) in [6.45, 7) is 6.51. The summed E-state index contributed by atoms with van der Waals surface area (Å²) >= 11 is 0. The molecule has 1 saturated heterocycles. The van der Waals surface area contributed by atoms with E-state index in [1.54, 1.807) is 0 Å². The summed E-state index contributed by atoms with van der Waals surface area (Å²) in [6, 6.07) is 0. The molecule has 4 nitrogen and oxygen atoms in total. The highest BCUT2D eigenvalue weighted by atomic mass is 16.7. The molecular formula is C14H25NO3.